The largest absolute Gasteiger partial charge is 0.464 e. The monoisotopic (exact) mass is 245 g/mol. The van der Waals surface area contributed by atoms with Crippen LogP contribution in [0.25, 0.3) is 0 Å². The minimum Gasteiger partial charge on any atom is -0.464 e. The second-order valence-corrected chi connectivity index (χ2v) is 4.70. The van der Waals surface area contributed by atoms with Crippen LogP contribution in [0.2, 0.25) is 0 Å². The van der Waals surface area contributed by atoms with Crippen LogP contribution in [0.4, 0.5) is 0 Å². The first-order chi connectivity index (χ1) is 8.61. The maximum atomic E-state index is 11.9. The van der Waals surface area contributed by atoms with Gasteiger partial charge in [-0.25, -0.2) is 4.79 Å². The zero-order chi connectivity index (χ0) is 13.1. The van der Waals surface area contributed by atoms with Crippen molar-refractivity contribution < 1.29 is 9.53 Å². The Hall–Kier alpha value is -1.77. The molecule has 0 amide bonds. The lowest BCUT2D eigenvalue weighted by Crippen LogP contribution is -2.36. The fraction of sp³-hybridized carbons (Fsp3) is 0.400. The first-order valence-electron chi connectivity index (χ1n) is 6.29. The van der Waals surface area contributed by atoms with Gasteiger partial charge in [-0.2, -0.15) is 0 Å². The second kappa shape index (κ2) is 5.25. The average molecular weight is 245 g/mol. The van der Waals surface area contributed by atoms with Crippen LogP contribution in [0.3, 0.4) is 0 Å². The van der Waals surface area contributed by atoms with Gasteiger partial charge in [0.2, 0.25) is 0 Å². The number of esters is 1. The van der Waals surface area contributed by atoms with Crippen molar-refractivity contribution in [3.05, 3.63) is 47.2 Å². The molecule has 0 saturated carbocycles. The van der Waals surface area contributed by atoms with E-state index >= 15 is 0 Å². The first-order valence-corrected chi connectivity index (χ1v) is 6.29. The summed E-state index contributed by atoms with van der Waals surface area (Å²) in [4.78, 5) is 11.9. The fourth-order valence-corrected chi connectivity index (χ4v) is 2.43. The fourth-order valence-electron chi connectivity index (χ4n) is 2.43. The zero-order valence-corrected chi connectivity index (χ0v) is 11.1. The number of rotatable bonds is 3. The summed E-state index contributed by atoms with van der Waals surface area (Å²) in [5.41, 5.74) is 3.59. The highest BCUT2D eigenvalue weighted by molar-refractivity contribution is 5.78. The van der Waals surface area contributed by atoms with E-state index in [0.717, 1.165) is 5.56 Å². The topological polar surface area (TPSA) is 38.3 Å². The Labute approximate surface area is 108 Å². The molecule has 1 aromatic rings. The van der Waals surface area contributed by atoms with E-state index in [1.807, 2.05) is 19.2 Å². The molecule has 3 heteroatoms. The van der Waals surface area contributed by atoms with Gasteiger partial charge in [0.15, 0.2) is 0 Å². The van der Waals surface area contributed by atoms with Crippen molar-refractivity contribution in [3.63, 3.8) is 0 Å². The molecule has 0 aliphatic carbocycles. The van der Waals surface area contributed by atoms with E-state index in [9.17, 15) is 4.79 Å². The molecule has 2 atom stereocenters. The molecular weight excluding hydrogens is 226 g/mol. The molecule has 18 heavy (non-hydrogen) atoms. The van der Waals surface area contributed by atoms with Crippen molar-refractivity contribution in [1.29, 1.82) is 0 Å². The van der Waals surface area contributed by atoms with E-state index in [1.54, 1.807) is 0 Å². The molecule has 1 heterocycles. The summed E-state index contributed by atoms with van der Waals surface area (Å²) in [7, 11) is 0. The SMILES string of the molecule is CCOC(=O)C1NC=CC1c1cc(C)cc(C)c1. The predicted molar refractivity (Wildman–Crippen MR) is 71.4 cm³/mol. The van der Waals surface area contributed by atoms with Crippen molar-refractivity contribution in [1.82, 2.24) is 5.32 Å². The molecule has 2 unspecified atom stereocenters. The summed E-state index contributed by atoms with van der Waals surface area (Å²) in [5.74, 6) is -0.130. The number of aryl methyl sites for hydroxylation is 2. The first kappa shape index (κ1) is 12.7. The normalized spacial score (nSPS) is 21.7. The molecule has 1 N–H and O–H groups in total. The van der Waals surface area contributed by atoms with Gasteiger partial charge >= 0.3 is 5.97 Å². The number of ether oxygens (including phenoxy) is 1. The van der Waals surface area contributed by atoms with Gasteiger partial charge in [0.1, 0.15) is 6.04 Å². The summed E-state index contributed by atoms with van der Waals surface area (Å²) in [6, 6.07) is 6.09. The van der Waals surface area contributed by atoms with E-state index in [4.69, 9.17) is 4.74 Å². The van der Waals surface area contributed by atoms with Crippen LogP contribution < -0.4 is 5.32 Å². The third kappa shape index (κ3) is 2.55. The molecule has 3 nitrogen and oxygen atoms in total. The van der Waals surface area contributed by atoms with Crippen LogP contribution in [0.5, 0.6) is 0 Å². The minimum atomic E-state index is -0.300. The molecule has 0 radical (unpaired) electrons. The van der Waals surface area contributed by atoms with Gasteiger partial charge in [-0.1, -0.05) is 35.4 Å². The zero-order valence-electron chi connectivity index (χ0n) is 11.1. The average Bonchev–Trinajstić information content (AvgIpc) is 2.76. The number of hydrogen-bond donors (Lipinski definition) is 1. The Morgan fingerprint density at radius 3 is 2.56 bits per heavy atom. The van der Waals surface area contributed by atoms with Gasteiger partial charge in [0.25, 0.3) is 0 Å². The van der Waals surface area contributed by atoms with Crippen molar-refractivity contribution in [2.24, 2.45) is 0 Å². The van der Waals surface area contributed by atoms with Crippen molar-refractivity contribution >= 4 is 5.97 Å². The van der Waals surface area contributed by atoms with Crippen LogP contribution in [0.1, 0.15) is 29.5 Å². The van der Waals surface area contributed by atoms with Crippen molar-refractivity contribution in [2.75, 3.05) is 6.61 Å². The summed E-state index contributed by atoms with van der Waals surface area (Å²) in [6.45, 7) is 6.38. The Kier molecular flexibility index (Phi) is 3.70. The maximum Gasteiger partial charge on any atom is 0.329 e. The van der Waals surface area contributed by atoms with Gasteiger partial charge in [-0.05, 0) is 32.5 Å². The molecule has 96 valence electrons. The van der Waals surface area contributed by atoms with Crippen molar-refractivity contribution in [3.8, 4) is 0 Å². The van der Waals surface area contributed by atoms with Crippen LogP contribution in [0, 0.1) is 13.8 Å². The molecule has 1 aliphatic heterocycles. The van der Waals surface area contributed by atoms with E-state index < -0.39 is 0 Å². The van der Waals surface area contributed by atoms with Gasteiger partial charge < -0.3 is 10.1 Å². The molecule has 0 aromatic heterocycles. The molecule has 0 saturated heterocycles. The molecule has 1 aromatic carbocycles. The number of benzene rings is 1. The number of hydrogen-bond acceptors (Lipinski definition) is 3. The molecule has 0 fully saturated rings. The molecule has 0 bridgehead atoms. The molecular formula is C15H19NO2. The van der Waals surface area contributed by atoms with E-state index in [1.165, 1.54) is 11.1 Å². The van der Waals surface area contributed by atoms with E-state index in [0.29, 0.717) is 6.61 Å². The minimum absolute atomic E-state index is 0.0580. The summed E-state index contributed by atoms with van der Waals surface area (Å²) in [6.07, 6.45) is 3.86. The maximum absolute atomic E-state index is 11.9. The Bertz CT molecular complexity index is 459. The Balaban J connectivity index is 2.25. The third-order valence-corrected chi connectivity index (χ3v) is 3.11. The third-order valence-electron chi connectivity index (χ3n) is 3.11. The molecule has 2 rings (SSSR count). The Morgan fingerprint density at radius 2 is 1.94 bits per heavy atom. The highest BCUT2D eigenvalue weighted by atomic mass is 16.5. The smallest absolute Gasteiger partial charge is 0.329 e. The van der Waals surface area contributed by atoms with Gasteiger partial charge in [-0.3, -0.25) is 0 Å². The van der Waals surface area contributed by atoms with Gasteiger partial charge in [0, 0.05) is 5.92 Å². The lowest BCUT2D eigenvalue weighted by molar-refractivity contribution is -0.145. The highest BCUT2D eigenvalue weighted by Crippen LogP contribution is 2.27. The number of carbonyl (C=O) groups is 1. The molecule has 0 spiro atoms. The van der Waals surface area contributed by atoms with E-state index in [-0.39, 0.29) is 17.9 Å². The van der Waals surface area contributed by atoms with Crippen molar-refractivity contribution in [2.45, 2.75) is 32.7 Å². The van der Waals surface area contributed by atoms with Crippen LogP contribution in [-0.2, 0) is 9.53 Å². The summed E-state index contributed by atoms with van der Waals surface area (Å²) >= 11 is 0. The summed E-state index contributed by atoms with van der Waals surface area (Å²) in [5, 5.41) is 3.07. The highest BCUT2D eigenvalue weighted by Gasteiger charge is 2.31. The van der Waals surface area contributed by atoms with Crippen LogP contribution in [0.15, 0.2) is 30.5 Å². The second-order valence-electron chi connectivity index (χ2n) is 4.70. The summed E-state index contributed by atoms with van der Waals surface area (Å²) < 4.78 is 5.10. The van der Waals surface area contributed by atoms with Gasteiger partial charge in [0.05, 0.1) is 6.61 Å². The lowest BCUT2D eigenvalue weighted by atomic mass is 9.91. The quantitative estimate of drug-likeness (QED) is 0.831. The van der Waals surface area contributed by atoms with E-state index in [2.05, 4.69) is 37.4 Å². The standard InChI is InChI=1S/C15H19NO2/c1-4-18-15(17)14-13(5-6-16-14)12-8-10(2)7-11(3)9-12/h5-9,13-14,16H,4H2,1-3H3. The predicted octanol–water partition coefficient (Wildman–Crippen LogP) is 2.44. The lowest BCUT2D eigenvalue weighted by Gasteiger charge is -2.19. The number of carbonyl (C=O) groups excluding carboxylic acids is 1. The van der Waals surface area contributed by atoms with Crippen LogP contribution in [-0.4, -0.2) is 18.6 Å². The van der Waals surface area contributed by atoms with Crippen LogP contribution >= 0.6 is 0 Å². The molecule has 1 aliphatic rings. The van der Waals surface area contributed by atoms with Gasteiger partial charge in [-0.15, -0.1) is 0 Å². The Morgan fingerprint density at radius 1 is 1.28 bits per heavy atom. The number of nitrogens with one attached hydrogen (secondary N) is 1.